The van der Waals surface area contributed by atoms with Gasteiger partial charge in [0.15, 0.2) is 0 Å². The van der Waals surface area contributed by atoms with Gasteiger partial charge < -0.3 is 5.32 Å². The summed E-state index contributed by atoms with van der Waals surface area (Å²) >= 11 is 0. The Balaban J connectivity index is 1.42. The molecule has 2 aromatic rings. The van der Waals surface area contributed by atoms with E-state index in [4.69, 9.17) is 0 Å². The summed E-state index contributed by atoms with van der Waals surface area (Å²) < 4.78 is 1.93. The van der Waals surface area contributed by atoms with Gasteiger partial charge in [0.1, 0.15) is 0 Å². The minimum Gasteiger partial charge on any atom is -0.325 e. The third-order valence-electron chi connectivity index (χ3n) is 5.49. The number of aromatic nitrogens is 2. The van der Waals surface area contributed by atoms with Crippen molar-refractivity contribution in [2.45, 2.75) is 52.0 Å². The molecule has 1 aliphatic carbocycles. The van der Waals surface area contributed by atoms with Crippen molar-refractivity contribution in [1.29, 1.82) is 0 Å². The number of piperidine rings is 1. The van der Waals surface area contributed by atoms with Crippen molar-refractivity contribution in [1.82, 2.24) is 14.7 Å². The van der Waals surface area contributed by atoms with Gasteiger partial charge >= 0.3 is 0 Å². The van der Waals surface area contributed by atoms with Crippen LogP contribution < -0.4 is 5.32 Å². The highest BCUT2D eigenvalue weighted by Crippen LogP contribution is 2.32. The van der Waals surface area contributed by atoms with Crippen LogP contribution >= 0.6 is 0 Å². The second-order valence-corrected chi connectivity index (χ2v) is 7.82. The largest absolute Gasteiger partial charge is 0.325 e. The predicted molar refractivity (Wildman–Crippen MR) is 104 cm³/mol. The lowest BCUT2D eigenvalue weighted by molar-refractivity contribution is -0.122. The van der Waals surface area contributed by atoms with Crippen LogP contribution in [-0.2, 0) is 4.79 Å². The first-order chi connectivity index (χ1) is 12.6. The Morgan fingerprint density at radius 1 is 1.15 bits per heavy atom. The van der Waals surface area contributed by atoms with E-state index in [1.165, 1.54) is 19.3 Å². The summed E-state index contributed by atoms with van der Waals surface area (Å²) in [6.45, 7) is 6.20. The van der Waals surface area contributed by atoms with Gasteiger partial charge in [0, 0.05) is 17.9 Å². The van der Waals surface area contributed by atoms with Crippen molar-refractivity contribution < 1.29 is 4.79 Å². The zero-order valence-corrected chi connectivity index (χ0v) is 15.7. The molecule has 138 valence electrons. The first-order valence-corrected chi connectivity index (χ1v) is 9.79. The number of rotatable bonds is 5. The maximum atomic E-state index is 12.8. The third kappa shape index (κ3) is 3.83. The average molecular weight is 352 g/mol. The highest BCUT2D eigenvalue weighted by Gasteiger charge is 2.33. The van der Waals surface area contributed by atoms with E-state index in [1.807, 2.05) is 42.8 Å². The fourth-order valence-corrected chi connectivity index (χ4v) is 3.94. The van der Waals surface area contributed by atoms with Gasteiger partial charge in [-0.2, -0.15) is 5.10 Å². The van der Waals surface area contributed by atoms with Crippen LogP contribution in [0.3, 0.4) is 0 Å². The van der Waals surface area contributed by atoms with Crippen LogP contribution in [0.5, 0.6) is 0 Å². The van der Waals surface area contributed by atoms with Crippen LogP contribution in [0.2, 0.25) is 0 Å². The van der Waals surface area contributed by atoms with E-state index in [0.717, 1.165) is 54.6 Å². The first-order valence-electron chi connectivity index (χ1n) is 9.79. The van der Waals surface area contributed by atoms with Crippen LogP contribution in [0.15, 0.2) is 30.3 Å². The molecule has 2 heterocycles. The normalized spacial score (nSPS) is 20.9. The Hall–Kier alpha value is -2.14. The molecule has 26 heavy (non-hydrogen) atoms. The number of benzene rings is 1. The molecule has 0 bridgehead atoms. The van der Waals surface area contributed by atoms with Crippen LogP contribution in [0, 0.1) is 19.8 Å². The van der Waals surface area contributed by atoms with Crippen molar-refractivity contribution in [3.05, 3.63) is 41.7 Å². The standard InChI is InChI=1S/C21H28N4O/c1-15-13-16(2)25(23-15)19-10-8-18(9-11-19)22-21(26)20-5-3-4-12-24(20)14-17-6-7-17/h8-11,13,17,20H,3-7,12,14H2,1-2H3,(H,22,26)/t20-/m1/s1. The van der Waals surface area contributed by atoms with Gasteiger partial charge in [0.2, 0.25) is 5.91 Å². The number of nitrogens with one attached hydrogen (secondary N) is 1. The maximum absolute atomic E-state index is 12.8. The summed E-state index contributed by atoms with van der Waals surface area (Å²) in [6.07, 6.45) is 6.00. The number of hydrogen-bond acceptors (Lipinski definition) is 3. The van der Waals surface area contributed by atoms with E-state index < -0.39 is 0 Å². The van der Waals surface area contributed by atoms with Gasteiger partial charge in [-0.15, -0.1) is 0 Å². The topological polar surface area (TPSA) is 50.2 Å². The van der Waals surface area contributed by atoms with Crippen molar-refractivity contribution in [2.24, 2.45) is 5.92 Å². The molecule has 0 spiro atoms. The smallest absolute Gasteiger partial charge is 0.241 e. The lowest BCUT2D eigenvalue weighted by atomic mass is 10.0. The molecule has 5 nitrogen and oxygen atoms in total. The van der Waals surface area contributed by atoms with Gasteiger partial charge in [-0.25, -0.2) is 4.68 Å². The molecule has 1 aromatic carbocycles. The second kappa shape index (κ2) is 7.23. The molecule has 2 fully saturated rings. The fraction of sp³-hybridized carbons (Fsp3) is 0.524. The molecule has 1 aromatic heterocycles. The number of carbonyl (C=O) groups excluding carboxylic acids is 1. The van der Waals surface area contributed by atoms with Crippen molar-refractivity contribution in [2.75, 3.05) is 18.4 Å². The summed E-state index contributed by atoms with van der Waals surface area (Å²) in [6, 6.07) is 10.1. The number of aryl methyl sites for hydroxylation is 2. The van der Waals surface area contributed by atoms with Crippen LogP contribution in [-0.4, -0.2) is 39.7 Å². The molecule has 4 rings (SSSR count). The van der Waals surface area contributed by atoms with Crippen LogP contribution in [0.25, 0.3) is 5.69 Å². The number of carbonyl (C=O) groups is 1. The van der Waals surface area contributed by atoms with Gasteiger partial charge in [0.05, 0.1) is 17.4 Å². The fourth-order valence-electron chi connectivity index (χ4n) is 3.94. The Morgan fingerprint density at radius 2 is 1.92 bits per heavy atom. The van der Waals surface area contributed by atoms with Gasteiger partial charge in [-0.05, 0) is 82.3 Å². The Bertz CT molecular complexity index is 776. The van der Waals surface area contributed by atoms with Crippen LogP contribution in [0.4, 0.5) is 5.69 Å². The van der Waals surface area contributed by atoms with Gasteiger partial charge in [-0.3, -0.25) is 9.69 Å². The molecule has 0 radical (unpaired) electrons. The summed E-state index contributed by atoms with van der Waals surface area (Å²) in [5.74, 6) is 0.965. The van der Waals surface area contributed by atoms with Crippen molar-refractivity contribution >= 4 is 11.6 Å². The molecular formula is C21H28N4O. The molecule has 1 atom stereocenters. The number of nitrogens with zero attached hydrogens (tertiary/aromatic N) is 3. The number of likely N-dealkylation sites (tertiary alicyclic amines) is 1. The highest BCUT2D eigenvalue weighted by molar-refractivity contribution is 5.95. The predicted octanol–water partition coefficient (Wildman–Crippen LogP) is 3.69. The second-order valence-electron chi connectivity index (χ2n) is 7.82. The molecule has 1 aliphatic heterocycles. The Labute approximate surface area is 155 Å². The van der Waals surface area contributed by atoms with Crippen molar-refractivity contribution in [3.63, 3.8) is 0 Å². The molecule has 1 saturated carbocycles. The average Bonchev–Trinajstić information content (AvgIpc) is 3.38. The minimum atomic E-state index is 0.0278. The Morgan fingerprint density at radius 3 is 2.58 bits per heavy atom. The van der Waals surface area contributed by atoms with E-state index in [-0.39, 0.29) is 11.9 Å². The SMILES string of the molecule is Cc1cc(C)n(-c2ccc(NC(=O)[C@H]3CCCCN3CC3CC3)cc2)n1. The first kappa shape index (κ1) is 17.3. The lowest BCUT2D eigenvalue weighted by Gasteiger charge is -2.34. The number of hydrogen-bond donors (Lipinski definition) is 1. The van der Waals surface area contributed by atoms with Gasteiger partial charge in [0.25, 0.3) is 0 Å². The quantitative estimate of drug-likeness (QED) is 0.893. The van der Waals surface area contributed by atoms with E-state index in [1.54, 1.807) is 0 Å². The van der Waals surface area contributed by atoms with Crippen LogP contribution in [0.1, 0.15) is 43.5 Å². The van der Waals surface area contributed by atoms with E-state index in [9.17, 15) is 4.79 Å². The molecule has 0 unspecified atom stereocenters. The van der Waals surface area contributed by atoms with E-state index in [0.29, 0.717) is 0 Å². The molecule has 2 aliphatic rings. The lowest BCUT2D eigenvalue weighted by Crippen LogP contribution is -2.47. The third-order valence-corrected chi connectivity index (χ3v) is 5.49. The Kier molecular flexibility index (Phi) is 4.81. The maximum Gasteiger partial charge on any atom is 0.241 e. The number of amides is 1. The molecule has 5 heteroatoms. The number of anilines is 1. The molecule has 1 N–H and O–H groups in total. The monoisotopic (exact) mass is 352 g/mol. The zero-order chi connectivity index (χ0) is 18.1. The summed E-state index contributed by atoms with van der Waals surface area (Å²) in [4.78, 5) is 15.2. The van der Waals surface area contributed by atoms with Crippen molar-refractivity contribution in [3.8, 4) is 5.69 Å². The molecular weight excluding hydrogens is 324 g/mol. The zero-order valence-electron chi connectivity index (χ0n) is 15.7. The minimum absolute atomic E-state index is 0.0278. The van der Waals surface area contributed by atoms with E-state index >= 15 is 0 Å². The summed E-state index contributed by atoms with van der Waals surface area (Å²) in [5.41, 5.74) is 3.99. The highest BCUT2D eigenvalue weighted by atomic mass is 16.2. The van der Waals surface area contributed by atoms with Gasteiger partial charge in [-0.1, -0.05) is 6.42 Å². The molecule has 1 amide bonds. The van der Waals surface area contributed by atoms with E-state index in [2.05, 4.69) is 21.4 Å². The summed E-state index contributed by atoms with van der Waals surface area (Å²) in [7, 11) is 0. The summed E-state index contributed by atoms with van der Waals surface area (Å²) in [5, 5.41) is 7.63. The molecule has 1 saturated heterocycles.